The average molecular weight is 379 g/mol. The maximum Gasteiger partial charge on any atom is 0.272 e. The van der Waals surface area contributed by atoms with Crippen molar-refractivity contribution in [1.29, 1.82) is 0 Å². The molecule has 0 aromatic heterocycles. The first-order valence-electron chi connectivity index (χ1n) is 6.59. The van der Waals surface area contributed by atoms with Crippen LogP contribution in [0.5, 0.6) is 17.2 Å². The average Bonchev–Trinajstić information content (AvgIpc) is 2.56. The van der Waals surface area contributed by atoms with Gasteiger partial charge in [0.1, 0.15) is 0 Å². The molecule has 23 heavy (non-hydrogen) atoms. The van der Waals surface area contributed by atoms with Crippen LogP contribution in [-0.2, 0) is 0 Å². The first kappa shape index (κ1) is 16.8. The molecule has 0 heterocycles. The highest BCUT2D eigenvalue weighted by atomic mass is 79.9. The maximum absolute atomic E-state index is 12.0. The molecule has 0 aliphatic carbocycles. The summed E-state index contributed by atoms with van der Waals surface area (Å²) in [7, 11) is 2.87. The highest BCUT2D eigenvalue weighted by Crippen LogP contribution is 2.36. The van der Waals surface area contributed by atoms with Gasteiger partial charge in [0, 0.05) is 10.0 Å². The third kappa shape index (κ3) is 4.01. The van der Waals surface area contributed by atoms with Crippen molar-refractivity contribution in [3.8, 4) is 17.2 Å². The Hall–Kier alpha value is -2.54. The van der Waals surface area contributed by atoms with Crippen LogP contribution in [0, 0.1) is 0 Å². The number of carbonyl (C=O) groups excluding carboxylic acids is 1. The molecule has 0 bridgehead atoms. The van der Waals surface area contributed by atoms with Crippen LogP contribution < -0.4 is 14.9 Å². The van der Waals surface area contributed by atoms with Crippen molar-refractivity contribution in [2.75, 3.05) is 14.2 Å². The number of hydrogen-bond acceptors (Lipinski definition) is 5. The van der Waals surface area contributed by atoms with Gasteiger partial charge in [0.25, 0.3) is 5.91 Å². The predicted molar refractivity (Wildman–Crippen MR) is 90.4 cm³/mol. The molecule has 0 aliphatic heterocycles. The standard InChI is InChI=1S/C16H15BrN2O4/c1-22-13-7-10(8-14(23-2)15(13)20)9-18-19-16(21)11-5-3-4-6-12(11)17/h3-9,20H,1-2H3,(H,19,21). The third-order valence-corrected chi connectivity index (χ3v) is 3.69. The second kappa shape index (κ2) is 7.64. The van der Waals surface area contributed by atoms with E-state index in [1.807, 2.05) is 6.07 Å². The van der Waals surface area contributed by atoms with Gasteiger partial charge in [-0.1, -0.05) is 12.1 Å². The van der Waals surface area contributed by atoms with Crippen LogP contribution in [0.3, 0.4) is 0 Å². The lowest BCUT2D eigenvalue weighted by Gasteiger charge is -2.09. The number of nitrogens with one attached hydrogen (secondary N) is 1. The quantitative estimate of drug-likeness (QED) is 0.619. The first-order chi connectivity index (χ1) is 11.1. The van der Waals surface area contributed by atoms with E-state index in [1.165, 1.54) is 20.4 Å². The van der Waals surface area contributed by atoms with E-state index in [1.54, 1.807) is 30.3 Å². The number of aromatic hydroxyl groups is 1. The number of hydrazone groups is 1. The Labute approximate surface area is 141 Å². The first-order valence-corrected chi connectivity index (χ1v) is 7.39. The van der Waals surface area contributed by atoms with E-state index in [-0.39, 0.29) is 23.2 Å². The van der Waals surface area contributed by atoms with Crippen molar-refractivity contribution in [2.45, 2.75) is 0 Å². The summed E-state index contributed by atoms with van der Waals surface area (Å²) in [5.74, 6) is 0.0710. The lowest BCUT2D eigenvalue weighted by molar-refractivity contribution is 0.0954. The fourth-order valence-electron chi connectivity index (χ4n) is 1.86. The Morgan fingerprint density at radius 2 is 1.83 bits per heavy atom. The third-order valence-electron chi connectivity index (χ3n) is 3.00. The van der Waals surface area contributed by atoms with Gasteiger partial charge in [0.15, 0.2) is 11.5 Å². The molecule has 0 spiro atoms. The molecule has 7 heteroatoms. The monoisotopic (exact) mass is 378 g/mol. The van der Waals surface area contributed by atoms with Crippen LogP contribution in [0.1, 0.15) is 15.9 Å². The Kier molecular flexibility index (Phi) is 5.59. The Balaban J connectivity index is 2.15. The second-order valence-electron chi connectivity index (χ2n) is 4.45. The summed E-state index contributed by atoms with van der Waals surface area (Å²) in [6, 6.07) is 10.2. The van der Waals surface area contributed by atoms with Crippen LogP contribution in [0.25, 0.3) is 0 Å². The molecular weight excluding hydrogens is 364 g/mol. The molecule has 2 aromatic carbocycles. The highest BCUT2D eigenvalue weighted by Gasteiger charge is 2.11. The summed E-state index contributed by atoms with van der Waals surface area (Å²) >= 11 is 3.31. The Bertz CT molecular complexity index is 722. The zero-order chi connectivity index (χ0) is 16.8. The van der Waals surface area contributed by atoms with Crippen molar-refractivity contribution in [2.24, 2.45) is 5.10 Å². The zero-order valence-electron chi connectivity index (χ0n) is 12.5. The molecule has 0 atom stereocenters. The number of ether oxygens (including phenoxy) is 2. The van der Waals surface area contributed by atoms with E-state index in [9.17, 15) is 9.90 Å². The molecule has 0 saturated carbocycles. The number of phenolic OH excluding ortho intramolecular Hbond substituents is 1. The summed E-state index contributed by atoms with van der Waals surface area (Å²) < 4.78 is 10.8. The predicted octanol–water partition coefficient (Wildman–Crippen LogP) is 2.94. The van der Waals surface area contributed by atoms with Crippen LogP contribution in [0.4, 0.5) is 0 Å². The van der Waals surface area contributed by atoms with Crippen molar-refractivity contribution in [3.05, 3.63) is 52.0 Å². The van der Waals surface area contributed by atoms with Crippen LogP contribution >= 0.6 is 15.9 Å². The van der Waals surface area contributed by atoms with Crippen LogP contribution in [0.2, 0.25) is 0 Å². The SMILES string of the molecule is COc1cc(C=NNC(=O)c2ccccc2Br)cc(OC)c1O. The van der Waals surface area contributed by atoms with E-state index in [2.05, 4.69) is 26.5 Å². The lowest BCUT2D eigenvalue weighted by Crippen LogP contribution is -2.18. The Morgan fingerprint density at radius 3 is 2.39 bits per heavy atom. The van der Waals surface area contributed by atoms with Crippen molar-refractivity contribution in [3.63, 3.8) is 0 Å². The molecule has 0 unspecified atom stereocenters. The molecule has 2 aromatic rings. The molecule has 120 valence electrons. The minimum atomic E-state index is -0.341. The van der Waals surface area contributed by atoms with E-state index < -0.39 is 0 Å². The molecule has 0 fully saturated rings. The van der Waals surface area contributed by atoms with Gasteiger partial charge in [-0.25, -0.2) is 5.43 Å². The topological polar surface area (TPSA) is 80.2 Å². The number of methoxy groups -OCH3 is 2. The van der Waals surface area contributed by atoms with Gasteiger partial charge in [0.2, 0.25) is 5.75 Å². The largest absolute Gasteiger partial charge is 0.502 e. The van der Waals surface area contributed by atoms with E-state index in [4.69, 9.17) is 9.47 Å². The van der Waals surface area contributed by atoms with Crippen molar-refractivity contribution in [1.82, 2.24) is 5.43 Å². The summed E-state index contributed by atoms with van der Waals surface area (Å²) in [5, 5.41) is 13.7. The normalized spacial score (nSPS) is 10.6. The van der Waals surface area contributed by atoms with E-state index >= 15 is 0 Å². The van der Waals surface area contributed by atoms with Gasteiger partial charge < -0.3 is 14.6 Å². The maximum atomic E-state index is 12.0. The molecule has 0 radical (unpaired) electrons. The number of benzene rings is 2. The number of halogens is 1. The fraction of sp³-hybridized carbons (Fsp3) is 0.125. The molecule has 6 nitrogen and oxygen atoms in total. The second-order valence-corrected chi connectivity index (χ2v) is 5.31. The lowest BCUT2D eigenvalue weighted by atomic mass is 10.2. The molecule has 2 rings (SSSR count). The summed E-state index contributed by atoms with van der Waals surface area (Å²) in [6.45, 7) is 0. The zero-order valence-corrected chi connectivity index (χ0v) is 14.1. The van der Waals surface area contributed by atoms with Gasteiger partial charge in [-0.2, -0.15) is 5.10 Å². The number of rotatable bonds is 5. The van der Waals surface area contributed by atoms with E-state index in [0.717, 1.165) is 0 Å². The molecule has 0 aliphatic rings. The molecule has 1 amide bonds. The number of hydrogen-bond donors (Lipinski definition) is 2. The number of carbonyl (C=O) groups is 1. The van der Waals surface area contributed by atoms with Gasteiger partial charge in [-0.05, 0) is 40.2 Å². The summed E-state index contributed by atoms with van der Waals surface area (Å²) in [4.78, 5) is 12.0. The summed E-state index contributed by atoms with van der Waals surface area (Å²) in [6.07, 6.45) is 1.43. The van der Waals surface area contributed by atoms with Crippen LogP contribution in [-0.4, -0.2) is 31.4 Å². The molecular formula is C16H15BrN2O4. The minimum absolute atomic E-state index is 0.0931. The molecule has 0 saturated heterocycles. The summed E-state index contributed by atoms with van der Waals surface area (Å²) in [5.41, 5.74) is 3.51. The van der Waals surface area contributed by atoms with Gasteiger partial charge in [-0.3, -0.25) is 4.79 Å². The van der Waals surface area contributed by atoms with Crippen molar-refractivity contribution < 1.29 is 19.4 Å². The fourth-order valence-corrected chi connectivity index (χ4v) is 2.32. The number of nitrogens with zero attached hydrogens (tertiary/aromatic N) is 1. The van der Waals surface area contributed by atoms with Gasteiger partial charge >= 0.3 is 0 Å². The number of amides is 1. The van der Waals surface area contributed by atoms with Gasteiger partial charge in [0.05, 0.1) is 26.0 Å². The number of phenols is 1. The van der Waals surface area contributed by atoms with Gasteiger partial charge in [-0.15, -0.1) is 0 Å². The van der Waals surface area contributed by atoms with Crippen LogP contribution in [0.15, 0.2) is 46.0 Å². The molecule has 2 N–H and O–H groups in total. The van der Waals surface area contributed by atoms with Crippen molar-refractivity contribution >= 4 is 28.1 Å². The highest BCUT2D eigenvalue weighted by molar-refractivity contribution is 9.10. The van der Waals surface area contributed by atoms with E-state index in [0.29, 0.717) is 15.6 Å². The smallest absolute Gasteiger partial charge is 0.272 e. The Morgan fingerprint density at radius 1 is 1.22 bits per heavy atom. The minimum Gasteiger partial charge on any atom is -0.502 e.